The predicted octanol–water partition coefficient (Wildman–Crippen LogP) is -0.475. The van der Waals surface area contributed by atoms with Gasteiger partial charge in [-0.05, 0) is 13.8 Å². The lowest BCUT2D eigenvalue weighted by Gasteiger charge is -2.16. The predicted molar refractivity (Wildman–Crippen MR) is 65.4 cm³/mol. The summed E-state index contributed by atoms with van der Waals surface area (Å²) in [5, 5.41) is 11.8. The molecule has 1 heterocycles. The van der Waals surface area contributed by atoms with E-state index < -0.39 is 0 Å². The molecule has 0 atom stereocenters. The molecule has 92 valence electrons. The minimum Gasteiger partial charge on any atom is -1.00 e. The third-order valence-corrected chi connectivity index (χ3v) is 3.67. The van der Waals surface area contributed by atoms with Crippen molar-refractivity contribution in [2.24, 2.45) is 5.16 Å². The number of oxime groups is 1. The van der Waals surface area contributed by atoms with Crippen molar-refractivity contribution in [1.82, 2.24) is 0 Å². The molecule has 0 radical (unpaired) electrons. The Hall–Kier alpha value is -1.35. The maximum absolute atomic E-state index is 8.70. The first-order chi connectivity index (χ1) is 7.50. The Balaban J connectivity index is 0.00000144. The standard InChI is InChI=1S/C13H16N2O.ClH/c1-9-13(2,3)12-10(8-14-16)6-5-7-11(12)15(9)4;/h5-8H,1-4H3;1H. The largest absolute Gasteiger partial charge is 1.00 e. The third kappa shape index (κ3) is 1.84. The maximum atomic E-state index is 8.70. The first-order valence-electron chi connectivity index (χ1n) is 5.39. The summed E-state index contributed by atoms with van der Waals surface area (Å²) in [4.78, 5) is 0. The Morgan fingerprint density at radius 2 is 2.00 bits per heavy atom. The van der Waals surface area contributed by atoms with Crippen molar-refractivity contribution in [3.05, 3.63) is 29.3 Å². The van der Waals surface area contributed by atoms with Gasteiger partial charge in [0.25, 0.3) is 0 Å². The fraction of sp³-hybridized carbons (Fsp3) is 0.385. The molecule has 1 aromatic carbocycles. The van der Waals surface area contributed by atoms with Crippen LogP contribution in [-0.4, -0.2) is 28.8 Å². The van der Waals surface area contributed by atoms with Gasteiger partial charge in [0.2, 0.25) is 5.69 Å². The quantitative estimate of drug-likeness (QED) is 0.312. The first-order valence-corrected chi connectivity index (χ1v) is 5.39. The highest BCUT2D eigenvalue weighted by molar-refractivity contribution is 5.97. The fourth-order valence-electron chi connectivity index (χ4n) is 2.47. The van der Waals surface area contributed by atoms with Crippen LogP contribution in [0.25, 0.3) is 0 Å². The summed E-state index contributed by atoms with van der Waals surface area (Å²) in [5.74, 6) is 0. The summed E-state index contributed by atoms with van der Waals surface area (Å²) in [7, 11) is 2.07. The fourth-order valence-corrected chi connectivity index (χ4v) is 2.47. The average Bonchev–Trinajstić information content (AvgIpc) is 2.42. The second-order valence-corrected chi connectivity index (χ2v) is 4.76. The molecule has 1 aliphatic heterocycles. The van der Waals surface area contributed by atoms with Crippen LogP contribution in [0.3, 0.4) is 0 Å². The molecular formula is C13H17ClN2O. The lowest BCUT2D eigenvalue weighted by Crippen LogP contribution is -3.00. The molecule has 4 heteroatoms. The topological polar surface area (TPSA) is 35.6 Å². The number of benzene rings is 1. The van der Waals surface area contributed by atoms with Gasteiger partial charge in [0.1, 0.15) is 7.05 Å². The lowest BCUT2D eigenvalue weighted by atomic mass is 9.80. The smallest absolute Gasteiger partial charge is 0.209 e. The molecule has 0 aromatic heterocycles. The Labute approximate surface area is 108 Å². The number of nitrogens with zero attached hydrogens (tertiary/aromatic N) is 2. The molecule has 3 nitrogen and oxygen atoms in total. The minimum atomic E-state index is -0.0120. The molecule has 0 amide bonds. The molecule has 0 saturated heterocycles. The van der Waals surface area contributed by atoms with Crippen molar-refractivity contribution in [3.8, 4) is 0 Å². The molecule has 0 saturated carbocycles. The van der Waals surface area contributed by atoms with E-state index in [0.717, 1.165) is 5.56 Å². The Morgan fingerprint density at radius 3 is 2.59 bits per heavy atom. The van der Waals surface area contributed by atoms with E-state index >= 15 is 0 Å². The highest BCUT2D eigenvalue weighted by atomic mass is 35.5. The monoisotopic (exact) mass is 252 g/mol. The van der Waals surface area contributed by atoms with Gasteiger partial charge in [0, 0.05) is 24.1 Å². The Morgan fingerprint density at radius 1 is 1.35 bits per heavy atom. The number of hydrogen-bond acceptors (Lipinski definition) is 2. The van der Waals surface area contributed by atoms with E-state index in [4.69, 9.17) is 5.21 Å². The van der Waals surface area contributed by atoms with Gasteiger partial charge in [0.15, 0.2) is 5.71 Å². The lowest BCUT2D eigenvalue weighted by molar-refractivity contribution is -0.403. The van der Waals surface area contributed by atoms with Gasteiger partial charge in [0.05, 0.1) is 11.6 Å². The molecule has 0 spiro atoms. The minimum absolute atomic E-state index is 0. The van der Waals surface area contributed by atoms with E-state index in [1.807, 2.05) is 12.1 Å². The Bertz CT molecular complexity index is 504. The molecule has 0 bridgehead atoms. The summed E-state index contributed by atoms with van der Waals surface area (Å²) in [5.41, 5.74) is 4.70. The van der Waals surface area contributed by atoms with Crippen LogP contribution in [0.1, 0.15) is 31.9 Å². The highest BCUT2D eigenvalue weighted by Gasteiger charge is 2.42. The van der Waals surface area contributed by atoms with Gasteiger partial charge in [-0.15, -0.1) is 0 Å². The molecule has 0 aliphatic carbocycles. The van der Waals surface area contributed by atoms with Crippen molar-refractivity contribution in [2.75, 3.05) is 7.05 Å². The van der Waals surface area contributed by atoms with E-state index in [9.17, 15) is 0 Å². The van der Waals surface area contributed by atoms with E-state index in [1.54, 1.807) is 0 Å². The van der Waals surface area contributed by atoms with Gasteiger partial charge in [-0.1, -0.05) is 17.3 Å². The number of rotatable bonds is 1. The van der Waals surface area contributed by atoms with Gasteiger partial charge >= 0.3 is 0 Å². The van der Waals surface area contributed by atoms with Crippen LogP contribution in [-0.2, 0) is 5.41 Å². The molecule has 0 unspecified atom stereocenters. The van der Waals surface area contributed by atoms with E-state index in [0.29, 0.717) is 0 Å². The van der Waals surface area contributed by atoms with Gasteiger partial charge < -0.3 is 17.6 Å². The first kappa shape index (κ1) is 13.7. The molecule has 0 fully saturated rings. The van der Waals surface area contributed by atoms with Crippen LogP contribution in [0.2, 0.25) is 0 Å². The summed E-state index contributed by atoms with van der Waals surface area (Å²) >= 11 is 0. The number of fused-ring (bicyclic) bond motifs is 1. The number of halogens is 1. The average molecular weight is 253 g/mol. The summed E-state index contributed by atoms with van der Waals surface area (Å²) in [6.45, 7) is 6.53. The zero-order valence-electron chi connectivity index (χ0n) is 10.5. The molecule has 1 N–H and O–H groups in total. The molecule has 1 aromatic rings. The van der Waals surface area contributed by atoms with Crippen LogP contribution in [0.5, 0.6) is 0 Å². The van der Waals surface area contributed by atoms with Gasteiger partial charge in [-0.2, -0.15) is 0 Å². The zero-order chi connectivity index (χ0) is 11.9. The Kier molecular flexibility index (Phi) is 3.62. The normalized spacial score (nSPS) is 17.2. The second kappa shape index (κ2) is 4.49. The van der Waals surface area contributed by atoms with Crippen molar-refractivity contribution < 1.29 is 22.2 Å². The second-order valence-electron chi connectivity index (χ2n) is 4.76. The molecular weight excluding hydrogens is 236 g/mol. The van der Waals surface area contributed by atoms with Crippen molar-refractivity contribution in [3.63, 3.8) is 0 Å². The van der Waals surface area contributed by atoms with Crippen LogP contribution < -0.4 is 12.4 Å². The summed E-state index contributed by atoms with van der Waals surface area (Å²) in [6, 6.07) is 6.07. The van der Waals surface area contributed by atoms with Crippen LogP contribution >= 0.6 is 0 Å². The van der Waals surface area contributed by atoms with Crippen molar-refractivity contribution >= 4 is 17.6 Å². The van der Waals surface area contributed by atoms with Crippen molar-refractivity contribution in [2.45, 2.75) is 26.2 Å². The van der Waals surface area contributed by atoms with E-state index in [1.165, 1.54) is 23.2 Å². The van der Waals surface area contributed by atoms with Crippen LogP contribution in [0.15, 0.2) is 23.4 Å². The maximum Gasteiger partial charge on any atom is 0.209 e. The van der Waals surface area contributed by atoms with Crippen LogP contribution in [0.4, 0.5) is 5.69 Å². The summed E-state index contributed by atoms with van der Waals surface area (Å²) in [6.07, 6.45) is 1.51. The van der Waals surface area contributed by atoms with Gasteiger partial charge in [-0.25, -0.2) is 4.58 Å². The van der Waals surface area contributed by atoms with Gasteiger partial charge in [-0.3, -0.25) is 0 Å². The molecule has 17 heavy (non-hydrogen) atoms. The zero-order valence-corrected chi connectivity index (χ0v) is 11.3. The van der Waals surface area contributed by atoms with E-state index in [-0.39, 0.29) is 17.8 Å². The van der Waals surface area contributed by atoms with Crippen LogP contribution in [0, 0.1) is 0 Å². The molecule has 2 rings (SSSR count). The summed E-state index contributed by atoms with van der Waals surface area (Å²) < 4.78 is 2.20. The van der Waals surface area contributed by atoms with Crippen molar-refractivity contribution in [1.29, 1.82) is 0 Å². The number of hydrogen-bond donors (Lipinski definition) is 1. The van der Waals surface area contributed by atoms with E-state index in [2.05, 4.69) is 43.6 Å². The third-order valence-electron chi connectivity index (χ3n) is 3.67. The SMILES string of the molecule is CC1=[N+](C)c2cccc(C=NO)c2C1(C)C.[Cl-]. The highest BCUT2D eigenvalue weighted by Crippen LogP contribution is 2.40. The molecule has 1 aliphatic rings.